The Morgan fingerprint density at radius 3 is 2.67 bits per heavy atom. The molecule has 1 aromatic rings. The molecule has 0 spiro atoms. The second-order valence-electron chi connectivity index (χ2n) is 5.72. The number of benzene rings is 1. The van der Waals surface area contributed by atoms with Gasteiger partial charge in [0.25, 0.3) is 5.91 Å². The number of carboxylic acids is 1. The van der Waals surface area contributed by atoms with E-state index in [-0.39, 0.29) is 5.70 Å². The largest absolute Gasteiger partial charge is 0.477 e. The topological polar surface area (TPSA) is 113 Å². The number of β-lactam (4-membered cyclic amide) rings is 1. The minimum absolute atomic E-state index is 0.0154. The second kappa shape index (κ2) is 6.29. The minimum Gasteiger partial charge on any atom is -0.477 e. The number of thioether (sulfide) groups is 1. The quantitative estimate of drug-likeness (QED) is 0.682. The minimum atomic E-state index is -1.13. The first-order chi connectivity index (χ1) is 11.4. The van der Waals surface area contributed by atoms with Gasteiger partial charge in [0.1, 0.15) is 23.2 Å². The highest BCUT2D eigenvalue weighted by Gasteiger charge is 2.53. The zero-order valence-electron chi connectivity index (χ0n) is 12.9. The van der Waals surface area contributed by atoms with E-state index in [2.05, 4.69) is 5.32 Å². The molecule has 2 aliphatic heterocycles. The number of fused-ring (bicyclic) bond motifs is 1. The summed E-state index contributed by atoms with van der Waals surface area (Å²) >= 11 is 1.43. The summed E-state index contributed by atoms with van der Waals surface area (Å²) in [5.74, 6) is -1.50. The molecule has 3 atom stereocenters. The SMILES string of the molecule is CC1=C(C(=O)O)N2C(=O)C(NC(=O)[C@@H](N)c3ccccc3)[C@@H]2SC1. The highest BCUT2D eigenvalue weighted by Crippen LogP contribution is 2.40. The molecular formula is C16H17N3O4S. The van der Waals surface area contributed by atoms with E-state index in [1.165, 1.54) is 16.7 Å². The average molecular weight is 347 g/mol. The summed E-state index contributed by atoms with van der Waals surface area (Å²) in [5.41, 5.74) is 7.24. The van der Waals surface area contributed by atoms with Gasteiger partial charge in [0.15, 0.2) is 0 Å². The predicted octanol–water partition coefficient (Wildman–Crippen LogP) is 0.445. The van der Waals surface area contributed by atoms with Crippen molar-refractivity contribution in [2.45, 2.75) is 24.4 Å². The molecule has 126 valence electrons. The smallest absolute Gasteiger partial charge is 0.352 e. The number of hydrogen-bond donors (Lipinski definition) is 3. The normalized spacial score (nSPS) is 24.1. The molecule has 7 nitrogen and oxygen atoms in total. The van der Waals surface area contributed by atoms with Crippen LogP contribution < -0.4 is 11.1 Å². The highest BCUT2D eigenvalue weighted by molar-refractivity contribution is 8.00. The van der Waals surface area contributed by atoms with E-state index < -0.39 is 35.2 Å². The Kier molecular flexibility index (Phi) is 4.33. The lowest BCUT2D eigenvalue weighted by atomic mass is 10.0. The third kappa shape index (κ3) is 2.67. The van der Waals surface area contributed by atoms with E-state index in [4.69, 9.17) is 5.73 Å². The van der Waals surface area contributed by atoms with Crippen LogP contribution in [-0.4, -0.2) is 45.0 Å². The molecule has 2 aliphatic rings. The van der Waals surface area contributed by atoms with E-state index >= 15 is 0 Å². The molecule has 24 heavy (non-hydrogen) atoms. The molecule has 2 amide bonds. The van der Waals surface area contributed by atoms with Crippen molar-refractivity contribution in [3.63, 3.8) is 0 Å². The molecule has 4 N–H and O–H groups in total. The molecule has 0 saturated carbocycles. The van der Waals surface area contributed by atoms with Gasteiger partial charge in [-0.2, -0.15) is 0 Å². The number of aliphatic carboxylic acids is 1. The van der Waals surface area contributed by atoms with Gasteiger partial charge >= 0.3 is 5.97 Å². The summed E-state index contributed by atoms with van der Waals surface area (Å²) in [7, 11) is 0. The Morgan fingerprint density at radius 1 is 1.38 bits per heavy atom. The second-order valence-corrected chi connectivity index (χ2v) is 6.82. The molecule has 3 rings (SSSR count). The number of rotatable bonds is 4. The van der Waals surface area contributed by atoms with Crippen LogP contribution in [-0.2, 0) is 14.4 Å². The van der Waals surface area contributed by atoms with Crippen molar-refractivity contribution in [3.05, 3.63) is 47.2 Å². The van der Waals surface area contributed by atoms with Crippen LogP contribution in [0, 0.1) is 0 Å². The Balaban J connectivity index is 1.71. The van der Waals surface area contributed by atoms with Gasteiger partial charge in [0.05, 0.1) is 0 Å². The summed E-state index contributed by atoms with van der Waals surface area (Å²) in [4.78, 5) is 37.2. The maximum absolute atomic E-state index is 12.3. The van der Waals surface area contributed by atoms with E-state index in [0.29, 0.717) is 16.9 Å². The summed E-state index contributed by atoms with van der Waals surface area (Å²) in [6.07, 6.45) is 0. The maximum Gasteiger partial charge on any atom is 0.352 e. The van der Waals surface area contributed by atoms with Crippen LogP contribution in [0.3, 0.4) is 0 Å². The molecule has 8 heteroatoms. The fraction of sp³-hybridized carbons (Fsp3) is 0.312. The number of carbonyl (C=O) groups is 3. The lowest BCUT2D eigenvalue weighted by Gasteiger charge is -2.49. The monoisotopic (exact) mass is 347 g/mol. The van der Waals surface area contributed by atoms with Gasteiger partial charge in [0, 0.05) is 5.75 Å². The lowest BCUT2D eigenvalue weighted by Crippen LogP contribution is -2.71. The van der Waals surface area contributed by atoms with Crippen molar-refractivity contribution >= 4 is 29.5 Å². The van der Waals surface area contributed by atoms with Crippen LogP contribution in [0.4, 0.5) is 0 Å². The van der Waals surface area contributed by atoms with Crippen LogP contribution in [0.25, 0.3) is 0 Å². The van der Waals surface area contributed by atoms with Crippen LogP contribution >= 0.6 is 11.8 Å². The lowest BCUT2D eigenvalue weighted by molar-refractivity contribution is -0.150. The van der Waals surface area contributed by atoms with Crippen molar-refractivity contribution < 1.29 is 19.5 Å². The highest BCUT2D eigenvalue weighted by atomic mass is 32.2. The predicted molar refractivity (Wildman–Crippen MR) is 88.7 cm³/mol. The molecule has 0 radical (unpaired) electrons. The van der Waals surface area contributed by atoms with Gasteiger partial charge < -0.3 is 16.2 Å². The molecular weight excluding hydrogens is 330 g/mol. The molecule has 0 aliphatic carbocycles. The number of amides is 2. The molecule has 0 bridgehead atoms. The van der Waals surface area contributed by atoms with Gasteiger partial charge in [-0.05, 0) is 18.1 Å². The fourth-order valence-corrected chi connectivity index (χ4v) is 4.12. The number of nitrogens with zero attached hydrogens (tertiary/aromatic N) is 1. The van der Waals surface area contributed by atoms with Gasteiger partial charge in [-0.3, -0.25) is 14.5 Å². The van der Waals surface area contributed by atoms with Gasteiger partial charge in [-0.25, -0.2) is 4.79 Å². The molecule has 1 fully saturated rings. The van der Waals surface area contributed by atoms with Crippen molar-refractivity contribution in [3.8, 4) is 0 Å². The molecule has 0 aromatic heterocycles. The zero-order valence-corrected chi connectivity index (χ0v) is 13.7. The Bertz CT molecular complexity index is 734. The molecule has 1 saturated heterocycles. The van der Waals surface area contributed by atoms with E-state index in [1.807, 2.05) is 6.07 Å². The number of nitrogens with two attached hydrogens (primary N) is 1. The van der Waals surface area contributed by atoms with Gasteiger partial charge in [-0.1, -0.05) is 30.3 Å². The standard InChI is InChI=1S/C16H17N3O4S/c1-8-7-24-15-11(14(21)19(15)12(8)16(22)23)18-13(20)10(17)9-5-3-2-4-6-9/h2-6,10-11,15H,7,17H2,1H3,(H,18,20)(H,22,23)/t10-,11?,15-/m0/s1. The van der Waals surface area contributed by atoms with Crippen molar-refractivity contribution in [2.24, 2.45) is 5.73 Å². The first-order valence-electron chi connectivity index (χ1n) is 7.40. The Morgan fingerprint density at radius 2 is 2.04 bits per heavy atom. The van der Waals surface area contributed by atoms with E-state index in [9.17, 15) is 19.5 Å². The van der Waals surface area contributed by atoms with Crippen LogP contribution in [0.15, 0.2) is 41.6 Å². The first kappa shape index (κ1) is 16.5. The van der Waals surface area contributed by atoms with Crippen LogP contribution in [0.1, 0.15) is 18.5 Å². The number of hydrogen-bond acceptors (Lipinski definition) is 5. The first-order valence-corrected chi connectivity index (χ1v) is 8.45. The number of carbonyl (C=O) groups excluding carboxylic acids is 2. The molecule has 1 aromatic carbocycles. The molecule has 2 heterocycles. The van der Waals surface area contributed by atoms with Crippen molar-refractivity contribution in [2.75, 3.05) is 5.75 Å². The summed E-state index contributed by atoms with van der Waals surface area (Å²) in [6.45, 7) is 1.69. The average Bonchev–Trinajstić information content (AvgIpc) is 2.59. The van der Waals surface area contributed by atoms with Crippen LogP contribution in [0.2, 0.25) is 0 Å². The number of nitrogens with one attached hydrogen (secondary N) is 1. The Hall–Kier alpha value is -2.32. The van der Waals surface area contributed by atoms with Gasteiger partial charge in [0.2, 0.25) is 5.91 Å². The third-order valence-corrected chi connectivity index (χ3v) is 5.52. The number of carboxylic acid groups (broad SMARTS) is 1. The maximum atomic E-state index is 12.3. The summed E-state index contributed by atoms with van der Waals surface area (Å²) < 4.78 is 0. The third-order valence-electron chi connectivity index (χ3n) is 4.10. The summed E-state index contributed by atoms with van der Waals surface area (Å²) in [6, 6.07) is 7.23. The summed E-state index contributed by atoms with van der Waals surface area (Å²) in [5, 5.41) is 11.5. The van der Waals surface area contributed by atoms with Crippen LogP contribution in [0.5, 0.6) is 0 Å². The van der Waals surface area contributed by atoms with Crippen molar-refractivity contribution in [1.82, 2.24) is 10.2 Å². The van der Waals surface area contributed by atoms with E-state index in [1.54, 1.807) is 31.2 Å². The zero-order chi connectivity index (χ0) is 17.4. The molecule has 1 unspecified atom stereocenters. The van der Waals surface area contributed by atoms with Crippen molar-refractivity contribution in [1.29, 1.82) is 0 Å². The fourth-order valence-electron chi connectivity index (χ4n) is 2.83. The van der Waals surface area contributed by atoms with E-state index in [0.717, 1.165) is 0 Å². The van der Waals surface area contributed by atoms with Gasteiger partial charge in [-0.15, -0.1) is 11.8 Å². The Labute approximate surface area is 142 Å².